The van der Waals surface area contributed by atoms with Gasteiger partial charge in [-0.05, 0) is 58.4 Å². The Bertz CT molecular complexity index is 637. The molecule has 5 heteroatoms. The first kappa shape index (κ1) is 22.1. The van der Waals surface area contributed by atoms with E-state index < -0.39 is 12.2 Å². The van der Waals surface area contributed by atoms with Crippen LogP contribution in [0.5, 0.6) is 0 Å². The molecule has 0 aliphatic carbocycles. The van der Waals surface area contributed by atoms with Gasteiger partial charge < -0.3 is 4.90 Å². The van der Waals surface area contributed by atoms with E-state index in [9.17, 15) is 8.87 Å². The molecule has 1 heterocycles. The predicted octanol–water partition coefficient (Wildman–Crippen LogP) is 6.21. The number of alkyl halides is 1. The highest BCUT2D eigenvalue weighted by molar-refractivity contribution is 5.62. The molecule has 1 atom stereocenters. The van der Waals surface area contributed by atoms with Gasteiger partial charge in [-0.1, -0.05) is 44.0 Å². The molecule has 0 aliphatic rings. The number of pyridine rings is 1. The van der Waals surface area contributed by atoms with Gasteiger partial charge in [0.2, 0.25) is 0 Å². The van der Waals surface area contributed by atoms with Crippen LogP contribution < -0.4 is 4.90 Å². The molecule has 0 bridgehead atoms. The number of aryl methyl sites for hydroxylation is 1. The third kappa shape index (κ3) is 5.29. The Balaban J connectivity index is 3.28. The van der Waals surface area contributed by atoms with Gasteiger partial charge in [-0.25, -0.2) is 14.5 Å². The lowest BCUT2D eigenvalue weighted by atomic mass is 9.90. The Morgan fingerprint density at radius 3 is 2.35 bits per heavy atom. The lowest BCUT2D eigenvalue weighted by Crippen LogP contribution is -2.43. The standard InChI is InChI=1S/C21H33F2N3/c1-9-14-21(8,10-2)25(11-3)19-16(4)12-13-18(24-19)17(5)26(23)15-20(6,7)22/h11-13H,3,5,9-10,14-15H2,1-2,4,6-8H3. The van der Waals surface area contributed by atoms with Crippen molar-refractivity contribution in [3.05, 3.63) is 42.7 Å². The average molecular weight is 366 g/mol. The largest absolute Gasteiger partial charge is 0.328 e. The van der Waals surface area contributed by atoms with Crippen LogP contribution in [0.4, 0.5) is 14.7 Å². The Hall–Kier alpha value is -1.91. The molecular formula is C21H33F2N3. The lowest BCUT2D eigenvalue weighted by Gasteiger charge is -2.40. The van der Waals surface area contributed by atoms with Gasteiger partial charge in [-0.2, -0.15) is 0 Å². The molecule has 1 aromatic rings. The second-order valence-electron chi connectivity index (χ2n) is 7.68. The summed E-state index contributed by atoms with van der Waals surface area (Å²) in [6.45, 7) is 18.4. The normalized spacial score (nSPS) is 13.8. The molecule has 0 fully saturated rings. The minimum atomic E-state index is -1.67. The lowest BCUT2D eigenvalue weighted by molar-refractivity contribution is 0.0390. The third-order valence-corrected chi connectivity index (χ3v) is 4.72. The maximum Gasteiger partial charge on any atom is 0.136 e. The molecule has 1 aromatic heterocycles. The van der Waals surface area contributed by atoms with Crippen LogP contribution in [0.25, 0.3) is 5.70 Å². The molecule has 3 nitrogen and oxygen atoms in total. The summed E-state index contributed by atoms with van der Waals surface area (Å²) in [6, 6.07) is 3.60. The highest BCUT2D eigenvalue weighted by Gasteiger charge is 2.30. The average Bonchev–Trinajstić information content (AvgIpc) is 2.55. The van der Waals surface area contributed by atoms with E-state index in [1.54, 1.807) is 12.3 Å². The molecule has 0 aromatic carbocycles. The molecule has 0 N–H and O–H groups in total. The van der Waals surface area contributed by atoms with Gasteiger partial charge in [0.25, 0.3) is 0 Å². The van der Waals surface area contributed by atoms with Crippen molar-refractivity contribution in [1.82, 2.24) is 10.1 Å². The van der Waals surface area contributed by atoms with Crippen LogP contribution in [0.15, 0.2) is 31.5 Å². The van der Waals surface area contributed by atoms with Crippen LogP contribution >= 0.6 is 0 Å². The highest BCUT2D eigenvalue weighted by Crippen LogP contribution is 2.33. The predicted molar refractivity (Wildman–Crippen MR) is 107 cm³/mol. The first-order chi connectivity index (χ1) is 12.0. The minimum Gasteiger partial charge on any atom is -0.328 e. The number of aromatic nitrogens is 1. The first-order valence-electron chi connectivity index (χ1n) is 9.20. The molecule has 0 saturated carbocycles. The highest BCUT2D eigenvalue weighted by atomic mass is 19.2. The molecule has 0 aliphatic heterocycles. The van der Waals surface area contributed by atoms with E-state index in [1.165, 1.54) is 13.8 Å². The van der Waals surface area contributed by atoms with Crippen molar-refractivity contribution in [3.63, 3.8) is 0 Å². The Morgan fingerprint density at radius 2 is 1.88 bits per heavy atom. The molecule has 0 radical (unpaired) electrons. The molecule has 146 valence electrons. The summed E-state index contributed by atoms with van der Waals surface area (Å²) in [5.74, 6) is 0.726. The van der Waals surface area contributed by atoms with Crippen molar-refractivity contribution in [3.8, 4) is 0 Å². The topological polar surface area (TPSA) is 19.4 Å². The zero-order valence-electron chi connectivity index (χ0n) is 17.1. The molecule has 0 saturated heterocycles. The van der Waals surface area contributed by atoms with Gasteiger partial charge in [-0.15, -0.1) is 0 Å². The number of halogens is 2. The van der Waals surface area contributed by atoms with Crippen LogP contribution in [0, 0.1) is 6.92 Å². The van der Waals surface area contributed by atoms with E-state index in [4.69, 9.17) is 0 Å². The maximum atomic E-state index is 14.3. The smallest absolute Gasteiger partial charge is 0.136 e. The van der Waals surface area contributed by atoms with E-state index in [0.717, 1.165) is 30.6 Å². The van der Waals surface area contributed by atoms with Crippen LogP contribution in [-0.4, -0.2) is 27.9 Å². The second kappa shape index (κ2) is 8.65. The molecule has 1 rings (SSSR count). The van der Waals surface area contributed by atoms with Gasteiger partial charge in [0, 0.05) is 5.54 Å². The zero-order chi connectivity index (χ0) is 20.1. The number of anilines is 1. The summed E-state index contributed by atoms with van der Waals surface area (Å²) in [5, 5.41) is 0.324. The van der Waals surface area contributed by atoms with Crippen molar-refractivity contribution < 1.29 is 8.87 Å². The van der Waals surface area contributed by atoms with Crippen molar-refractivity contribution in [1.29, 1.82) is 0 Å². The van der Waals surface area contributed by atoms with Crippen LogP contribution in [0.2, 0.25) is 0 Å². The third-order valence-electron chi connectivity index (χ3n) is 4.72. The van der Waals surface area contributed by atoms with Crippen LogP contribution in [0.3, 0.4) is 0 Å². The van der Waals surface area contributed by atoms with Gasteiger partial charge in [0.15, 0.2) is 0 Å². The summed E-state index contributed by atoms with van der Waals surface area (Å²) >= 11 is 0. The fraction of sp³-hybridized carbons (Fsp3) is 0.571. The van der Waals surface area contributed by atoms with Gasteiger partial charge >= 0.3 is 0 Å². The first-order valence-corrected chi connectivity index (χ1v) is 9.20. The number of rotatable bonds is 10. The minimum absolute atomic E-state index is 0.0506. The van der Waals surface area contributed by atoms with E-state index in [0.29, 0.717) is 10.8 Å². The van der Waals surface area contributed by atoms with Crippen LogP contribution in [-0.2, 0) is 0 Å². The summed E-state index contributed by atoms with van der Waals surface area (Å²) < 4.78 is 28.1. The summed E-state index contributed by atoms with van der Waals surface area (Å²) in [6.07, 6.45) is 4.71. The quantitative estimate of drug-likeness (QED) is 0.459. The number of hydrogen-bond acceptors (Lipinski definition) is 3. The summed E-state index contributed by atoms with van der Waals surface area (Å²) in [5.41, 5.74) is -0.396. The molecule has 1 unspecified atom stereocenters. The SMILES string of the molecule is C=CN(c1nc(C(=C)N(F)CC(C)(C)F)ccc1C)C(C)(CC)CCC. The molecular weight excluding hydrogens is 332 g/mol. The van der Waals surface area contributed by atoms with E-state index in [-0.39, 0.29) is 11.2 Å². The van der Waals surface area contributed by atoms with Crippen molar-refractivity contribution in [2.75, 3.05) is 11.4 Å². The van der Waals surface area contributed by atoms with Gasteiger partial charge in [0.05, 0.1) is 17.9 Å². The fourth-order valence-corrected chi connectivity index (χ4v) is 3.04. The van der Waals surface area contributed by atoms with Crippen LogP contribution in [0.1, 0.15) is 65.1 Å². The van der Waals surface area contributed by atoms with Crippen molar-refractivity contribution in [2.45, 2.75) is 72.0 Å². The maximum absolute atomic E-state index is 14.3. The van der Waals surface area contributed by atoms with Gasteiger partial charge in [0.1, 0.15) is 11.5 Å². The molecule has 0 amide bonds. The van der Waals surface area contributed by atoms with E-state index >= 15 is 0 Å². The fourth-order valence-electron chi connectivity index (χ4n) is 3.04. The van der Waals surface area contributed by atoms with Gasteiger partial charge in [-0.3, -0.25) is 0 Å². The van der Waals surface area contributed by atoms with E-state index in [2.05, 4.69) is 43.8 Å². The Kier molecular flexibility index (Phi) is 7.36. The molecule has 26 heavy (non-hydrogen) atoms. The Labute approximate surface area is 157 Å². The number of hydrogen-bond donors (Lipinski definition) is 0. The van der Waals surface area contributed by atoms with E-state index in [1.807, 2.05) is 13.0 Å². The summed E-state index contributed by atoms with van der Waals surface area (Å²) in [4.78, 5) is 6.70. The zero-order valence-corrected chi connectivity index (χ0v) is 17.1. The monoisotopic (exact) mass is 365 g/mol. The number of nitrogens with zero attached hydrogens (tertiary/aromatic N) is 3. The summed E-state index contributed by atoms with van der Waals surface area (Å²) in [7, 11) is 0. The van der Waals surface area contributed by atoms with Crippen molar-refractivity contribution in [2.24, 2.45) is 0 Å². The Morgan fingerprint density at radius 1 is 1.27 bits per heavy atom. The van der Waals surface area contributed by atoms with Crippen molar-refractivity contribution >= 4 is 11.5 Å². The molecule has 0 spiro atoms. The second-order valence-corrected chi connectivity index (χ2v) is 7.68.